The largest absolute Gasteiger partial charge is 0.480 e. The van der Waals surface area contributed by atoms with Crippen LogP contribution in [0, 0.1) is 0 Å². The number of carbonyl (C=O) groups is 3. The smallest absolute Gasteiger partial charge is 0.329 e. The molecule has 0 spiro atoms. The second-order valence-corrected chi connectivity index (χ2v) is 5.03. The maximum atomic E-state index is 12.5. The highest BCUT2D eigenvalue weighted by Gasteiger charge is 2.38. The van der Waals surface area contributed by atoms with Gasteiger partial charge in [-0.15, -0.1) is 0 Å². The first-order chi connectivity index (χ1) is 9.76. The van der Waals surface area contributed by atoms with Gasteiger partial charge in [-0.2, -0.15) is 0 Å². The monoisotopic (exact) mass is 293 g/mol. The van der Waals surface area contributed by atoms with Crippen LogP contribution in [0.1, 0.15) is 31.1 Å². The maximum Gasteiger partial charge on any atom is 0.329 e. The van der Waals surface area contributed by atoms with Crippen LogP contribution >= 0.6 is 0 Å². The Morgan fingerprint density at radius 3 is 2.24 bits per heavy atom. The van der Waals surface area contributed by atoms with Crippen molar-refractivity contribution in [3.8, 4) is 0 Å². The Morgan fingerprint density at radius 2 is 1.76 bits per heavy atom. The van der Waals surface area contributed by atoms with Crippen LogP contribution in [0.4, 0.5) is 0 Å². The Morgan fingerprint density at radius 1 is 1.19 bits per heavy atom. The van der Waals surface area contributed by atoms with Crippen LogP contribution in [0.2, 0.25) is 0 Å². The fourth-order valence-corrected chi connectivity index (χ4v) is 1.77. The summed E-state index contributed by atoms with van der Waals surface area (Å²) in [6, 6.07) is 8.39. The van der Waals surface area contributed by atoms with Gasteiger partial charge in [0.05, 0.1) is 6.54 Å². The number of carbonyl (C=O) groups excluding carboxylic acids is 2. The van der Waals surface area contributed by atoms with Crippen LogP contribution in [0.5, 0.6) is 0 Å². The highest BCUT2D eigenvalue weighted by molar-refractivity contribution is 5.97. The van der Waals surface area contributed by atoms with Crippen molar-refractivity contribution in [2.45, 2.75) is 26.3 Å². The molecule has 0 saturated heterocycles. The summed E-state index contributed by atoms with van der Waals surface area (Å²) in [5, 5.41) is 9.31. The normalized spacial score (nSPS) is 10.8. The standard InChI is InChI=1S/C15H19NO5/c1-11(17)21-10-9-16(15(2,3)14(19)20)13(18)12-7-5-4-6-8-12/h4-8H,9-10H2,1-3H3,(H,19,20). The minimum Gasteiger partial charge on any atom is -0.480 e. The molecule has 1 amide bonds. The number of aliphatic carboxylic acids is 1. The minimum absolute atomic E-state index is 0.00656. The summed E-state index contributed by atoms with van der Waals surface area (Å²) in [7, 11) is 0. The van der Waals surface area contributed by atoms with Crippen LogP contribution in [0.3, 0.4) is 0 Å². The first kappa shape index (κ1) is 16.7. The summed E-state index contributed by atoms with van der Waals surface area (Å²) in [4.78, 5) is 35.9. The quantitative estimate of drug-likeness (QED) is 0.805. The number of hydrogen-bond acceptors (Lipinski definition) is 4. The lowest BCUT2D eigenvalue weighted by Gasteiger charge is -2.35. The van der Waals surface area contributed by atoms with Crippen LogP contribution < -0.4 is 0 Å². The number of esters is 1. The molecular formula is C15H19NO5. The van der Waals surface area contributed by atoms with Gasteiger partial charge in [0.1, 0.15) is 12.1 Å². The van der Waals surface area contributed by atoms with Crippen molar-refractivity contribution >= 4 is 17.8 Å². The Labute approximate surface area is 123 Å². The van der Waals surface area contributed by atoms with Gasteiger partial charge in [0.2, 0.25) is 0 Å². The van der Waals surface area contributed by atoms with Gasteiger partial charge in [0, 0.05) is 12.5 Å². The number of carboxylic acids is 1. The molecule has 0 bridgehead atoms. The molecule has 0 heterocycles. The highest BCUT2D eigenvalue weighted by atomic mass is 16.5. The van der Waals surface area contributed by atoms with Gasteiger partial charge in [-0.1, -0.05) is 18.2 Å². The third kappa shape index (κ3) is 4.30. The van der Waals surface area contributed by atoms with E-state index in [-0.39, 0.29) is 13.2 Å². The average molecular weight is 293 g/mol. The molecule has 0 aromatic heterocycles. The van der Waals surface area contributed by atoms with E-state index < -0.39 is 23.4 Å². The SMILES string of the molecule is CC(=O)OCCN(C(=O)c1ccccc1)C(C)(C)C(=O)O. The number of rotatable bonds is 6. The fourth-order valence-electron chi connectivity index (χ4n) is 1.77. The van der Waals surface area contributed by atoms with Gasteiger partial charge in [-0.05, 0) is 26.0 Å². The fraction of sp³-hybridized carbons (Fsp3) is 0.400. The molecule has 0 saturated carbocycles. The zero-order valence-electron chi connectivity index (χ0n) is 12.3. The van der Waals surface area contributed by atoms with E-state index in [0.29, 0.717) is 5.56 Å². The summed E-state index contributed by atoms with van der Waals surface area (Å²) in [6.45, 7) is 4.08. The topological polar surface area (TPSA) is 83.9 Å². The van der Waals surface area contributed by atoms with Gasteiger partial charge < -0.3 is 14.7 Å². The molecule has 0 aliphatic heterocycles. The molecule has 0 radical (unpaired) electrons. The van der Waals surface area contributed by atoms with Crippen LogP contribution in [0.15, 0.2) is 30.3 Å². The second kappa shape index (κ2) is 6.88. The van der Waals surface area contributed by atoms with Gasteiger partial charge in [0.25, 0.3) is 5.91 Å². The van der Waals surface area contributed by atoms with Crippen molar-refractivity contribution in [3.63, 3.8) is 0 Å². The maximum absolute atomic E-state index is 12.5. The zero-order valence-corrected chi connectivity index (χ0v) is 12.3. The van der Waals surface area contributed by atoms with Gasteiger partial charge >= 0.3 is 11.9 Å². The third-order valence-corrected chi connectivity index (χ3v) is 3.08. The van der Waals surface area contributed by atoms with E-state index >= 15 is 0 Å². The van der Waals surface area contributed by atoms with Gasteiger partial charge in [-0.25, -0.2) is 4.79 Å². The molecule has 21 heavy (non-hydrogen) atoms. The average Bonchev–Trinajstić information content (AvgIpc) is 2.43. The van der Waals surface area contributed by atoms with Gasteiger partial charge in [0.15, 0.2) is 0 Å². The molecule has 6 heteroatoms. The number of carboxylic acid groups (broad SMARTS) is 1. The lowest BCUT2D eigenvalue weighted by atomic mass is 10.0. The Bertz CT molecular complexity index is 524. The van der Waals surface area contributed by atoms with E-state index in [1.54, 1.807) is 30.3 Å². The first-order valence-electron chi connectivity index (χ1n) is 6.50. The first-order valence-corrected chi connectivity index (χ1v) is 6.50. The van der Waals surface area contributed by atoms with Crippen molar-refractivity contribution in [2.24, 2.45) is 0 Å². The van der Waals surface area contributed by atoms with Crippen LogP contribution in [-0.2, 0) is 14.3 Å². The third-order valence-electron chi connectivity index (χ3n) is 3.08. The molecule has 1 N–H and O–H groups in total. The Balaban J connectivity index is 2.99. The summed E-state index contributed by atoms with van der Waals surface area (Å²) in [6.07, 6.45) is 0. The van der Waals surface area contributed by atoms with Crippen LogP contribution in [-0.4, -0.2) is 46.5 Å². The molecule has 114 valence electrons. The van der Waals surface area contributed by atoms with E-state index in [1.165, 1.54) is 25.7 Å². The van der Waals surface area contributed by atoms with Crippen LogP contribution in [0.25, 0.3) is 0 Å². The predicted octanol–water partition coefficient (Wildman–Crippen LogP) is 1.56. The second-order valence-electron chi connectivity index (χ2n) is 5.03. The Kier molecular flexibility index (Phi) is 5.46. The molecule has 1 rings (SSSR count). The van der Waals surface area contributed by atoms with E-state index in [9.17, 15) is 19.5 Å². The van der Waals surface area contributed by atoms with E-state index in [4.69, 9.17) is 4.74 Å². The van der Waals surface area contributed by atoms with Crippen molar-refractivity contribution in [3.05, 3.63) is 35.9 Å². The van der Waals surface area contributed by atoms with Crippen molar-refractivity contribution in [1.29, 1.82) is 0 Å². The molecule has 0 atom stereocenters. The lowest BCUT2D eigenvalue weighted by molar-refractivity contribution is -0.148. The molecule has 0 fully saturated rings. The highest BCUT2D eigenvalue weighted by Crippen LogP contribution is 2.18. The van der Waals surface area contributed by atoms with Crippen molar-refractivity contribution in [1.82, 2.24) is 4.90 Å². The van der Waals surface area contributed by atoms with Crippen molar-refractivity contribution < 1.29 is 24.2 Å². The number of amides is 1. The van der Waals surface area contributed by atoms with Crippen molar-refractivity contribution in [2.75, 3.05) is 13.2 Å². The number of ether oxygens (including phenoxy) is 1. The van der Waals surface area contributed by atoms with E-state index in [2.05, 4.69) is 0 Å². The van der Waals surface area contributed by atoms with E-state index in [1.807, 2.05) is 0 Å². The Hall–Kier alpha value is -2.37. The number of benzene rings is 1. The summed E-state index contributed by atoms with van der Waals surface area (Å²) in [5.74, 6) is -2.03. The summed E-state index contributed by atoms with van der Waals surface area (Å²) in [5.41, 5.74) is -1.03. The zero-order chi connectivity index (χ0) is 16.0. The number of hydrogen-bond donors (Lipinski definition) is 1. The summed E-state index contributed by atoms with van der Waals surface area (Å²) < 4.78 is 4.81. The predicted molar refractivity (Wildman–Crippen MR) is 75.8 cm³/mol. The number of nitrogens with zero attached hydrogens (tertiary/aromatic N) is 1. The molecular weight excluding hydrogens is 274 g/mol. The van der Waals surface area contributed by atoms with Gasteiger partial charge in [-0.3, -0.25) is 9.59 Å². The minimum atomic E-state index is -1.41. The molecule has 0 aliphatic rings. The molecule has 1 aromatic rings. The molecule has 1 aromatic carbocycles. The summed E-state index contributed by atoms with van der Waals surface area (Å²) >= 11 is 0. The molecule has 0 aliphatic carbocycles. The lowest BCUT2D eigenvalue weighted by Crippen LogP contribution is -2.54. The molecule has 0 unspecified atom stereocenters. The van der Waals surface area contributed by atoms with E-state index in [0.717, 1.165) is 0 Å². The molecule has 6 nitrogen and oxygen atoms in total.